The lowest BCUT2D eigenvalue weighted by molar-refractivity contribution is -0.159. The Labute approximate surface area is 145 Å². The molecule has 1 amide bonds. The smallest absolute Gasteiger partial charge is 0.244 e. The van der Waals surface area contributed by atoms with Crippen molar-refractivity contribution in [3.8, 4) is 0 Å². The fourth-order valence-electron chi connectivity index (χ4n) is 4.49. The average molecular weight is 330 g/mol. The fraction of sp³-hybridized carbons (Fsp3) is 0.650. The SMILES string of the molecule is CCOC1CC(NC(=O)C(C)(N)c2ccccc2)C12CCCCC2. The largest absolute Gasteiger partial charge is 0.378 e. The van der Waals surface area contributed by atoms with Crippen molar-refractivity contribution in [2.24, 2.45) is 11.1 Å². The van der Waals surface area contributed by atoms with Crippen LogP contribution < -0.4 is 11.1 Å². The van der Waals surface area contributed by atoms with E-state index in [9.17, 15) is 4.79 Å². The first-order chi connectivity index (χ1) is 11.5. The van der Waals surface area contributed by atoms with Gasteiger partial charge in [0.25, 0.3) is 0 Å². The molecule has 3 atom stereocenters. The van der Waals surface area contributed by atoms with Crippen LogP contribution in [0.15, 0.2) is 30.3 Å². The molecule has 1 aromatic rings. The molecule has 2 aliphatic carbocycles. The van der Waals surface area contributed by atoms with Crippen LogP contribution in [0, 0.1) is 5.41 Å². The first-order valence-corrected chi connectivity index (χ1v) is 9.27. The zero-order valence-corrected chi connectivity index (χ0v) is 14.9. The van der Waals surface area contributed by atoms with Crippen LogP contribution in [0.3, 0.4) is 0 Å². The highest BCUT2D eigenvalue weighted by Crippen LogP contribution is 2.53. The van der Waals surface area contributed by atoms with Crippen molar-refractivity contribution in [2.45, 2.75) is 70.1 Å². The van der Waals surface area contributed by atoms with Crippen LogP contribution in [0.25, 0.3) is 0 Å². The van der Waals surface area contributed by atoms with Gasteiger partial charge in [-0.3, -0.25) is 4.79 Å². The number of carbonyl (C=O) groups excluding carboxylic acids is 1. The van der Waals surface area contributed by atoms with E-state index in [0.717, 1.165) is 31.4 Å². The second-order valence-corrected chi connectivity index (χ2v) is 7.57. The molecule has 1 aromatic carbocycles. The number of hydrogen-bond donors (Lipinski definition) is 2. The van der Waals surface area contributed by atoms with Crippen LogP contribution in [0.1, 0.15) is 57.9 Å². The summed E-state index contributed by atoms with van der Waals surface area (Å²) in [5.41, 5.74) is 6.34. The number of carbonyl (C=O) groups is 1. The Kier molecular flexibility index (Phi) is 4.97. The van der Waals surface area contributed by atoms with Crippen LogP contribution >= 0.6 is 0 Å². The number of ether oxygens (including phenoxy) is 1. The molecule has 3 unspecified atom stereocenters. The number of nitrogens with one attached hydrogen (secondary N) is 1. The van der Waals surface area contributed by atoms with Gasteiger partial charge in [-0.05, 0) is 38.7 Å². The Balaban J connectivity index is 1.72. The van der Waals surface area contributed by atoms with Gasteiger partial charge in [0.2, 0.25) is 5.91 Å². The summed E-state index contributed by atoms with van der Waals surface area (Å²) >= 11 is 0. The van der Waals surface area contributed by atoms with E-state index in [1.165, 1.54) is 19.3 Å². The third-order valence-electron chi connectivity index (χ3n) is 6.09. The van der Waals surface area contributed by atoms with Crippen LogP contribution in [0.5, 0.6) is 0 Å². The quantitative estimate of drug-likeness (QED) is 0.872. The highest BCUT2D eigenvalue weighted by Gasteiger charge is 2.56. The van der Waals surface area contributed by atoms with Crippen molar-refractivity contribution in [3.63, 3.8) is 0 Å². The minimum Gasteiger partial charge on any atom is -0.378 e. The van der Waals surface area contributed by atoms with Crippen molar-refractivity contribution >= 4 is 5.91 Å². The van der Waals surface area contributed by atoms with Crippen LogP contribution in [-0.4, -0.2) is 24.7 Å². The number of benzene rings is 1. The van der Waals surface area contributed by atoms with Crippen LogP contribution in [0.2, 0.25) is 0 Å². The Morgan fingerprint density at radius 3 is 2.58 bits per heavy atom. The lowest BCUT2D eigenvalue weighted by Gasteiger charge is -2.58. The lowest BCUT2D eigenvalue weighted by atomic mass is 9.55. The van der Waals surface area contributed by atoms with Crippen molar-refractivity contribution in [2.75, 3.05) is 6.61 Å². The minimum atomic E-state index is -1.01. The van der Waals surface area contributed by atoms with Gasteiger partial charge in [-0.1, -0.05) is 49.6 Å². The summed E-state index contributed by atoms with van der Waals surface area (Å²) < 4.78 is 5.97. The molecule has 3 N–H and O–H groups in total. The highest BCUT2D eigenvalue weighted by molar-refractivity contribution is 5.87. The summed E-state index contributed by atoms with van der Waals surface area (Å²) in [7, 11) is 0. The molecule has 0 heterocycles. The Morgan fingerprint density at radius 2 is 1.96 bits per heavy atom. The van der Waals surface area contributed by atoms with Gasteiger partial charge in [0.15, 0.2) is 0 Å². The van der Waals surface area contributed by atoms with Crippen LogP contribution in [0.4, 0.5) is 0 Å². The second kappa shape index (κ2) is 6.85. The molecule has 0 bridgehead atoms. The molecule has 0 radical (unpaired) electrons. The molecule has 1 spiro atoms. The molecule has 2 fully saturated rings. The standard InChI is InChI=1S/C20H30N2O2/c1-3-24-17-14-16(20(17)12-8-5-9-13-20)22-18(23)19(2,21)15-10-6-4-7-11-15/h4,6-7,10-11,16-17H,3,5,8-9,12-14,21H2,1-2H3,(H,22,23). The maximum Gasteiger partial charge on any atom is 0.244 e. The van der Waals surface area contributed by atoms with E-state index in [1.54, 1.807) is 6.92 Å². The predicted octanol–water partition coefficient (Wildman–Crippen LogP) is 3.10. The zero-order valence-electron chi connectivity index (χ0n) is 14.9. The molecular weight excluding hydrogens is 300 g/mol. The molecule has 2 aliphatic rings. The maximum absolute atomic E-state index is 12.9. The molecule has 0 aliphatic heterocycles. The van der Waals surface area contributed by atoms with Gasteiger partial charge >= 0.3 is 0 Å². The third kappa shape index (κ3) is 2.98. The van der Waals surface area contributed by atoms with Gasteiger partial charge in [0, 0.05) is 18.1 Å². The molecule has 132 valence electrons. The van der Waals surface area contributed by atoms with E-state index in [1.807, 2.05) is 30.3 Å². The first-order valence-electron chi connectivity index (χ1n) is 9.27. The van der Waals surface area contributed by atoms with Gasteiger partial charge in [-0.15, -0.1) is 0 Å². The number of amides is 1. The summed E-state index contributed by atoms with van der Waals surface area (Å²) in [6.45, 7) is 4.59. The van der Waals surface area contributed by atoms with Crippen molar-refractivity contribution in [1.29, 1.82) is 0 Å². The Hall–Kier alpha value is -1.39. The van der Waals surface area contributed by atoms with E-state index < -0.39 is 5.54 Å². The molecule has 4 nitrogen and oxygen atoms in total. The van der Waals surface area contributed by atoms with E-state index in [-0.39, 0.29) is 23.5 Å². The van der Waals surface area contributed by atoms with Gasteiger partial charge in [-0.25, -0.2) is 0 Å². The summed E-state index contributed by atoms with van der Waals surface area (Å²) in [4.78, 5) is 12.9. The van der Waals surface area contributed by atoms with Gasteiger partial charge in [0.05, 0.1) is 6.10 Å². The molecule has 0 saturated heterocycles. The topological polar surface area (TPSA) is 64.3 Å². The van der Waals surface area contributed by atoms with E-state index in [2.05, 4.69) is 12.2 Å². The number of hydrogen-bond acceptors (Lipinski definition) is 3. The van der Waals surface area contributed by atoms with Gasteiger partial charge in [0.1, 0.15) is 5.54 Å². The predicted molar refractivity (Wildman–Crippen MR) is 95.5 cm³/mol. The average Bonchev–Trinajstić information content (AvgIpc) is 2.62. The highest BCUT2D eigenvalue weighted by atomic mass is 16.5. The number of nitrogens with two attached hydrogens (primary N) is 1. The van der Waals surface area contributed by atoms with Crippen molar-refractivity contribution in [3.05, 3.63) is 35.9 Å². The summed E-state index contributed by atoms with van der Waals surface area (Å²) in [5, 5.41) is 3.26. The first kappa shape index (κ1) is 17.4. The molecular formula is C20H30N2O2. The molecule has 3 rings (SSSR count). The fourth-order valence-corrected chi connectivity index (χ4v) is 4.49. The Morgan fingerprint density at radius 1 is 1.29 bits per heavy atom. The maximum atomic E-state index is 12.9. The molecule has 0 aromatic heterocycles. The Bertz CT molecular complexity index is 564. The summed E-state index contributed by atoms with van der Waals surface area (Å²) in [6.07, 6.45) is 7.24. The molecule has 2 saturated carbocycles. The van der Waals surface area contributed by atoms with E-state index >= 15 is 0 Å². The molecule has 4 heteroatoms. The normalized spacial score (nSPS) is 28.0. The van der Waals surface area contributed by atoms with Crippen LogP contribution in [-0.2, 0) is 15.1 Å². The summed E-state index contributed by atoms with van der Waals surface area (Å²) in [6, 6.07) is 9.80. The lowest BCUT2D eigenvalue weighted by Crippen LogP contribution is -2.67. The second-order valence-electron chi connectivity index (χ2n) is 7.57. The minimum absolute atomic E-state index is 0.0846. The van der Waals surface area contributed by atoms with Gasteiger partial charge < -0.3 is 15.8 Å². The monoisotopic (exact) mass is 330 g/mol. The van der Waals surface area contributed by atoms with Gasteiger partial charge in [-0.2, -0.15) is 0 Å². The number of rotatable bonds is 5. The molecule has 24 heavy (non-hydrogen) atoms. The van der Waals surface area contributed by atoms with Crippen molar-refractivity contribution in [1.82, 2.24) is 5.32 Å². The van der Waals surface area contributed by atoms with E-state index in [4.69, 9.17) is 10.5 Å². The third-order valence-corrected chi connectivity index (χ3v) is 6.09. The van der Waals surface area contributed by atoms with E-state index in [0.29, 0.717) is 0 Å². The van der Waals surface area contributed by atoms with Crippen molar-refractivity contribution < 1.29 is 9.53 Å². The zero-order chi connectivity index (χ0) is 17.2. The summed E-state index contributed by atoms with van der Waals surface area (Å²) in [5.74, 6) is -0.0846.